The number of thiophene rings is 1. The third kappa shape index (κ3) is 4.82. The van der Waals surface area contributed by atoms with Crippen molar-refractivity contribution in [2.45, 2.75) is 20.8 Å². The maximum atomic E-state index is 12.6. The van der Waals surface area contributed by atoms with Crippen molar-refractivity contribution in [3.8, 4) is 11.8 Å². The third-order valence-electron chi connectivity index (χ3n) is 3.81. The normalized spacial score (nSPS) is 11.1. The highest BCUT2D eigenvalue weighted by Crippen LogP contribution is 2.35. The quantitative estimate of drug-likeness (QED) is 0.311. The molecule has 0 unspecified atom stereocenters. The Morgan fingerprint density at radius 3 is 2.64 bits per heavy atom. The fourth-order valence-electron chi connectivity index (χ4n) is 2.33. The second kappa shape index (κ2) is 9.37. The molecule has 0 aliphatic rings. The van der Waals surface area contributed by atoms with Gasteiger partial charge in [0.2, 0.25) is 0 Å². The van der Waals surface area contributed by atoms with Crippen LogP contribution in [0.5, 0.6) is 5.75 Å². The van der Waals surface area contributed by atoms with E-state index in [0.717, 1.165) is 10.4 Å². The highest BCUT2D eigenvalue weighted by molar-refractivity contribution is 9.11. The van der Waals surface area contributed by atoms with Gasteiger partial charge in [0, 0.05) is 14.9 Å². The van der Waals surface area contributed by atoms with E-state index in [0.29, 0.717) is 13.9 Å². The number of esters is 1. The molecule has 0 aliphatic carbocycles. The molecule has 1 amide bonds. The van der Waals surface area contributed by atoms with Crippen LogP contribution in [0, 0.1) is 25.2 Å². The Morgan fingerprint density at radius 1 is 1.36 bits per heavy atom. The smallest absolute Gasteiger partial charge is 0.341 e. The number of aryl methyl sites for hydroxylation is 1. The number of rotatable bonds is 5. The van der Waals surface area contributed by atoms with Gasteiger partial charge in [0.1, 0.15) is 22.4 Å². The summed E-state index contributed by atoms with van der Waals surface area (Å²) in [6.07, 6.45) is 1.28. The maximum absolute atomic E-state index is 12.6. The second-order valence-corrected chi connectivity index (χ2v) is 8.65. The molecule has 1 heterocycles. The number of nitrogens with zero attached hydrogens (tertiary/aromatic N) is 1. The molecule has 1 aromatic carbocycles. The van der Waals surface area contributed by atoms with Crippen LogP contribution in [-0.4, -0.2) is 23.6 Å². The van der Waals surface area contributed by atoms with Crippen molar-refractivity contribution in [1.29, 1.82) is 5.26 Å². The number of amides is 1. The van der Waals surface area contributed by atoms with E-state index >= 15 is 0 Å². The first-order valence-electron chi connectivity index (χ1n) is 8.07. The van der Waals surface area contributed by atoms with Crippen LogP contribution in [0.1, 0.15) is 33.3 Å². The number of phenolic OH excluding ortho intramolecular Hbond substituents is 1. The third-order valence-corrected chi connectivity index (χ3v) is 6.00. The molecule has 0 saturated heterocycles. The maximum Gasteiger partial charge on any atom is 0.341 e. The Labute approximate surface area is 183 Å². The number of hydrogen-bond donors (Lipinski definition) is 2. The highest BCUT2D eigenvalue weighted by atomic mass is 79.9. The molecular formula is C19H16Br2N2O4S. The zero-order valence-corrected chi connectivity index (χ0v) is 19.2. The van der Waals surface area contributed by atoms with Crippen molar-refractivity contribution < 1.29 is 19.4 Å². The number of aromatic hydroxyl groups is 1. The first kappa shape index (κ1) is 22.1. The number of halogens is 2. The summed E-state index contributed by atoms with van der Waals surface area (Å²) in [5, 5.41) is 22.5. The van der Waals surface area contributed by atoms with Gasteiger partial charge in [0.25, 0.3) is 5.91 Å². The minimum absolute atomic E-state index is 0.0984. The summed E-state index contributed by atoms with van der Waals surface area (Å²) in [6, 6.07) is 5.05. The summed E-state index contributed by atoms with van der Waals surface area (Å²) in [4.78, 5) is 25.7. The Balaban J connectivity index is 2.40. The van der Waals surface area contributed by atoms with Crippen LogP contribution >= 0.6 is 43.2 Å². The Kier molecular flexibility index (Phi) is 7.41. The Morgan fingerprint density at radius 2 is 2.04 bits per heavy atom. The van der Waals surface area contributed by atoms with E-state index in [4.69, 9.17) is 4.74 Å². The Bertz CT molecular complexity index is 1020. The molecule has 0 fully saturated rings. The van der Waals surface area contributed by atoms with E-state index in [1.807, 2.05) is 13.0 Å². The average molecular weight is 528 g/mol. The summed E-state index contributed by atoms with van der Waals surface area (Å²) >= 11 is 7.74. The van der Waals surface area contributed by atoms with Gasteiger partial charge in [-0.1, -0.05) is 15.9 Å². The summed E-state index contributed by atoms with van der Waals surface area (Å²) in [5.74, 6) is -1.32. The van der Waals surface area contributed by atoms with Gasteiger partial charge in [-0.3, -0.25) is 4.79 Å². The van der Waals surface area contributed by atoms with Crippen LogP contribution in [-0.2, 0) is 9.53 Å². The standard InChI is InChI=1S/C19H16Br2N2O4S/c1-4-27-19(26)15-9(2)10(3)28-18(15)23-17(25)12(8-22)5-11-6-13(20)7-14(21)16(11)24/h5-7,24H,4H2,1-3H3,(H,23,25)/b12-5+. The number of carbonyl (C=O) groups is 2. The predicted octanol–water partition coefficient (Wildman–Crippen LogP) is 5.32. The summed E-state index contributed by atoms with van der Waals surface area (Å²) in [6.45, 7) is 5.51. The van der Waals surface area contributed by atoms with E-state index in [1.54, 1.807) is 26.0 Å². The van der Waals surface area contributed by atoms with Crippen molar-refractivity contribution in [2.24, 2.45) is 0 Å². The van der Waals surface area contributed by atoms with E-state index in [2.05, 4.69) is 37.2 Å². The highest BCUT2D eigenvalue weighted by Gasteiger charge is 2.23. The van der Waals surface area contributed by atoms with Gasteiger partial charge in [0.15, 0.2) is 0 Å². The topological polar surface area (TPSA) is 99.4 Å². The fraction of sp³-hybridized carbons (Fsp3) is 0.211. The summed E-state index contributed by atoms with van der Waals surface area (Å²) in [5.41, 5.74) is 1.06. The molecule has 0 aliphatic heterocycles. The van der Waals surface area contributed by atoms with Gasteiger partial charge < -0.3 is 15.2 Å². The van der Waals surface area contributed by atoms with E-state index in [9.17, 15) is 20.0 Å². The largest absolute Gasteiger partial charge is 0.506 e. The molecule has 1 aromatic heterocycles. The van der Waals surface area contributed by atoms with Crippen LogP contribution in [0.25, 0.3) is 6.08 Å². The number of benzene rings is 1. The zero-order chi connectivity index (χ0) is 21.0. The van der Waals surface area contributed by atoms with Crippen LogP contribution in [0.2, 0.25) is 0 Å². The van der Waals surface area contributed by atoms with Crippen molar-refractivity contribution in [3.05, 3.63) is 48.2 Å². The van der Waals surface area contributed by atoms with Crippen LogP contribution in [0.15, 0.2) is 26.7 Å². The van der Waals surface area contributed by atoms with Gasteiger partial charge >= 0.3 is 5.97 Å². The van der Waals surface area contributed by atoms with Crippen LogP contribution in [0.4, 0.5) is 5.00 Å². The van der Waals surface area contributed by atoms with Crippen molar-refractivity contribution in [2.75, 3.05) is 11.9 Å². The minimum Gasteiger partial charge on any atom is -0.506 e. The first-order valence-corrected chi connectivity index (χ1v) is 10.5. The second-order valence-electron chi connectivity index (χ2n) is 5.66. The lowest BCUT2D eigenvalue weighted by Gasteiger charge is -2.07. The van der Waals surface area contributed by atoms with Gasteiger partial charge in [-0.15, -0.1) is 11.3 Å². The van der Waals surface area contributed by atoms with Crippen LogP contribution < -0.4 is 5.32 Å². The van der Waals surface area contributed by atoms with Gasteiger partial charge in [-0.25, -0.2) is 4.79 Å². The molecule has 0 bridgehead atoms. The van der Waals surface area contributed by atoms with Crippen molar-refractivity contribution >= 4 is 66.2 Å². The molecule has 0 spiro atoms. The molecule has 28 heavy (non-hydrogen) atoms. The van der Waals surface area contributed by atoms with Gasteiger partial charge in [0.05, 0.1) is 16.6 Å². The monoisotopic (exact) mass is 526 g/mol. The molecule has 9 heteroatoms. The fourth-order valence-corrected chi connectivity index (χ4v) is 4.64. The van der Waals surface area contributed by atoms with Gasteiger partial charge in [-0.2, -0.15) is 5.26 Å². The number of ether oxygens (including phenoxy) is 1. The van der Waals surface area contributed by atoms with Crippen LogP contribution in [0.3, 0.4) is 0 Å². The molecule has 2 N–H and O–H groups in total. The number of nitriles is 1. The number of anilines is 1. The number of hydrogen-bond acceptors (Lipinski definition) is 6. The van der Waals surface area contributed by atoms with Crippen molar-refractivity contribution in [3.63, 3.8) is 0 Å². The lowest BCUT2D eigenvalue weighted by Crippen LogP contribution is -2.16. The van der Waals surface area contributed by atoms with Crippen molar-refractivity contribution in [1.82, 2.24) is 0 Å². The molecule has 146 valence electrons. The van der Waals surface area contributed by atoms with E-state index < -0.39 is 11.9 Å². The molecule has 2 aromatic rings. The molecular weight excluding hydrogens is 512 g/mol. The van der Waals surface area contributed by atoms with E-state index in [1.165, 1.54) is 17.4 Å². The lowest BCUT2D eigenvalue weighted by atomic mass is 10.1. The lowest BCUT2D eigenvalue weighted by molar-refractivity contribution is -0.112. The molecule has 0 atom stereocenters. The molecule has 2 rings (SSSR count). The van der Waals surface area contributed by atoms with E-state index in [-0.39, 0.29) is 29.1 Å². The summed E-state index contributed by atoms with van der Waals surface area (Å²) in [7, 11) is 0. The predicted molar refractivity (Wildman–Crippen MR) is 115 cm³/mol. The van der Waals surface area contributed by atoms with Gasteiger partial charge in [-0.05, 0) is 60.5 Å². The summed E-state index contributed by atoms with van der Waals surface area (Å²) < 4.78 is 6.14. The minimum atomic E-state index is -0.690. The molecule has 0 saturated carbocycles. The average Bonchev–Trinajstić information content (AvgIpc) is 2.90. The first-order chi connectivity index (χ1) is 13.2. The number of carbonyl (C=O) groups excluding carboxylic acids is 2. The Hall–Kier alpha value is -2.15. The zero-order valence-electron chi connectivity index (χ0n) is 15.2. The SMILES string of the molecule is CCOC(=O)c1c(NC(=O)/C(C#N)=C/c2cc(Br)cc(Br)c2O)sc(C)c1C. The number of phenols is 1. The number of nitrogens with one attached hydrogen (secondary N) is 1. The molecule has 0 radical (unpaired) electrons. The molecule has 6 nitrogen and oxygen atoms in total.